The van der Waals surface area contributed by atoms with E-state index in [0.717, 1.165) is 24.7 Å². The number of ether oxygens (including phenoxy) is 2. The fraction of sp³-hybridized carbons (Fsp3) is 0.581. The van der Waals surface area contributed by atoms with E-state index in [1.165, 1.54) is 50.7 Å². The topological polar surface area (TPSA) is 35.5 Å². The van der Waals surface area contributed by atoms with Crippen LogP contribution in [0.1, 0.15) is 90.0 Å². The van der Waals surface area contributed by atoms with Crippen molar-refractivity contribution in [3.8, 4) is 22.6 Å². The molecule has 2 aliphatic carbocycles. The summed E-state index contributed by atoms with van der Waals surface area (Å²) < 4.78 is 53.9. The lowest BCUT2D eigenvalue weighted by atomic mass is 9.69. The molecule has 0 unspecified atom stereocenters. The number of carbonyl (C=O) groups excluding carboxylic acids is 1. The Balaban J connectivity index is 1.38. The molecule has 6 heteroatoms. The molecule has 0 aliphatic heterocycles. The van der Waals surface area contributed by atoms with Gasteiger partial charge in [-0.3, -0.25) is 4.79 Å². The van der Waals surface area contributed by atoms with Gasteiger partial charge in [0, 0.05) is 5.56 Å². The highest BCUT2D eigenvalue weighted by Crippen LogP contribution is 2.43. The minimum absolute atomic E-state index is 0.0345. The van der Waals surface area contributed by atoms with Gasteiger partial charge in [-0.25, -0.2) is 13.2 Å². The second-order valence-corrected chi connectivity index (χ2v) is 10.7. The van der Waals surface area contributed by atoms with Crippen LogP contribution in [0.4, 0.5) is 13.2 Å². The van der Waals surface area contributed by atoms with Gasteiger partial charge in [-0.2, -0.15) is 0 Å². The van der Waals surface area contributed by atoms with Crippen LogP contribution in [0.2, 0.25) is 0 Å². The maximum Gasteiger partial charge on any atom is 0.314 e. The maximum absolute atomic E-state index is 15.2. The minimum atomic E-state index is -3.11. The van der Waals surface area contributed by atoms with E-state index >= 15 is 4.39 Å². The number of hydrogen-bond acceptors (Lipinski definition) is 3. The summed E-state index contributed by atoms with van der Waals surface area (Å²) in [5, 5.41) is 0. The van der Waals surface area contributed by atoms with Gasteiger partial charge in [0.15, 0.2) is 0 Å². The zero-order chi connectivity index (χ0) is 26.4. The van der Waals surface area contributed by atoms with Crippen LogP contribution in [0.25, 0.3) is 11.1 Å². The number of rotatable bonds is 9. The number of halogens is 3. The molecule has 2 fully saturated rings. The average molecular weight is 517 g/mol. The van der Waals surface area contributed by atoms with E-state index in [4.69, 9.17) is 9.47 Å². The molecule has 0 atom stereocenters. The summed E-state index contributed by atoms with van der Waals surface area (Å²) in [6.45, 7) is 4.60. The van der Waals surface area contributed by atoms with Gasteiger partial charge in [-0.1, -0.05) is 44.7 Å². The Labute approximate surface area is 218 Å². The minimum Gasteiger partial charge on any atom is -0.494 e. The van der Waals surface area contributed by atoms with Gasteiger partial charge in [0.2, 0.25) is 0 Å². The van der Waals surface area contributed by atoms with Gasteiger partial charge in [-0.05, 0) is 93.0 Å². The molecule has 0 radical (unpaired) electrons. The Morgan fingerprint density at radius 1 is 0.892 bits per heavy atom. The number of hydrogen-bond donors (Lipinski definition) is 0. The summed E-state index contributed by atoms with van der Waals surface area (Å²) in [5.41, 5.74) is -0.382. The number of benzene rings is 2. The van der Waals surface area contributed by atoms with Gasteiger partial charge >= 0.3 is 5.97 Å². The van der Waals surface area contributed by atoms with Crippen molar-refractivity contribution in [1.29, 1.82) is 0 Å². The van der Waals surface area contributed by atoms with Crippen molar-refractivity contribution in [1.82, 2.24) is 0 Å². The van der Waals surface area contributed by atoms with E-state index in [0.29, 0.717) is 36.7 Å². The number of esters is 1. The molecular formula is C31H39F3O3. The number of carbonyl (C=O) groups is 1. The Morgan fingerprint density at radius 3 is 2.08 bits per heavy atom. The summed E-state index contributed by atoms with van der Waals surface area (Å²) in [6, 6.07) is 9.26. The first-order valence-corrected chi connectivity index (χ1v) is 14.0. The van der Waals surface area contributed by atoms with Crippen LogP contribution >= 0.6 is 0 Å². The smallest absolute Gasteiger partial charge is 0.314 e. The molecule has 0 aromatic heterocycles. The standard InChI is InChI=1S/C31H39F3O3/c1-3-5-20-6-8-21(9-7-20)22-10-12-24(13-11-22)31(35)37-27-19-18-26(29(32)28(27)30(33)34)23-14-16-25(17-15-23)36-4-2/h14-22,24,30H,3-13H2,1-2H3. The maximum atomic E-state index is 15.2. The Morgan fingerprint density at radius 2 is 1.51 bits per heavy atom. The highest BCUT2D eigenvalue weighted by atomic mass is 19.3. The predicted molar refractivity (Wildman–Crippen MR) is 139 cm³/mol. The Bertz CT molecular complexity index is 1020. The van der Waals surface area contributed by atoms with Crippen LogP contribution in [0, 0.1) is 29.5 Å². The molecule has 0 saturated heterocycles. The first kappa shape index (κ1) is 27.5. The molecule has 3 nitrogen and oxygen atoms in total. The van der Waals surface area contributed by atoms with Gasteiger partial charge < -0.3 is 9.47 Å². The second kappa shape index (κ2) is 12.8. The molecule has 0 amide bonds. The van der Waals surface area contributed by atoms with E-state index < -0.39 is 23.8 Å². The van der Waals surface area contributed by atoms with Crippen LogP contribution < -0.4 is 9.47 Å². The number of alkyl halides is 2. The largest absolute Gasteiger partial charge is 0.494 e. The first-order valence-electron chi connectivity index (χ1n) is 14.0. The van der Waals surface area contributed by atoms with Crippen LogP contribution in [-0.2, 0) is 4.79 Å². The van der Waals surface area contributed by atoms with Gasteiger partial charge in [0.25, 0.3) is 6.43 Å². The molecule has 202 valence electrons. The third kappa shape index (κ3) is 6.69. The molecule has 4 rings (SSSR count). The summed E-state index contributed by atoms with van der Waals surface area (Å²) in [4.78, 5) is 12.9. The normalized spacial score (nSPS) is 24.2. The van der Waals surface area contributed by atoms with Crippen molar-refractivity contribution >= 4 is 5.97 Å². The van der Waals surface area contributed by atoms with Gasteiger partial charge in [-0.15, -0.1) is 0 Å². The van der Waals surface area contributed by atoms with E-state index in [1.807, 2.05) is 6.92 Å². The quantitative estimate of drug-likeness (QED) is 0.246. The third-order valence-electron chi connectivity index (χ3n) is 8.41. The van der Waals surface area contributed by atoms with Crippen molar-refractivity contribution < 1.29 is 27.4 Å². The van der Waals surface area contributed by atoms with E-state index in [9.17, 15) is 13.6 Å². The first-order chi connectivity index (χ1) is 17.9. The van der Waals surface area contributed by atoms with Crippen LogP contribution in [0.15, 0.2) is 36.4 Å². The van der Waals surface area contributed by atoms with Crippen molar-refractivity contribution in [2.75, 3.05) is 6.61 Å². The summed E-state index contributed by atoms with van der Waals surface area (Å²) >= 11 is 0. The molecule has 2 aromatic rings. The van der Waals surface area contributed by atoms with Gasteiger partial charge in [0.1, 0.15) is 17.3 Å². The summed E-state index contributed by atoms with van der Waals surface area (Å²) in [6.07, 6.45) is 8.01. The zero-order valence-electron chi connectivity index (χ0n) is 22.0. The third-order valence-corrected chi connectivity index (χ3v) is 8.41. The Hall–Kier alpha value is -2.50. The molecular weight excluding hydrogens is 477 g/mol. The second-order valence-electron chi connectivity index (χ2n) is 10.7. The lowest BCUT2D eigenvalue weighted by molar-refractivity contribution is -0.140. The molecule has 0 N–H and O–H groups in total. The van der Waals surface area contributed by atoms with Crippen LogP contribution in [0.3, 0.4) is 0 Å². The predicted octanol–water partition coefficient (Wildman–Crippen LogP) is 9.15. The zero-order valence-corrected chi connectivity index (χ0v) is 22.0. The summed E-state index contributed by atoms with van der Waals surface area (Å²) in [7, 11) is 0. The lowest BCUT2D eigenvalue weighted by Gasteiger charge is -2.37. The highest BCUT2D eigenvalue weighted by Gasteiger charge is 2.34. The Kier molecular flexibility index (Phi) is 9.55. The van der Waals surface area contributed by atoms with E-state index in [-0.39, 0.29) is 17.2 Å². The van der Waals surface area contributed by atoms with E-state index in [1.54, 1.807) is 24.3 Å². The molecule has 37 heavy (non-hydrogen) atoms. The van der Waals surface area contributed by atoms with Gasteiger partial charge in [0.05, 0.1) is 18.1 Å². The molecule has 2 aromatic carbocycles. The lowest BCUT2D eigenvalue weighted by Crippen LogP contribution is -2.30. The molecule has 0 bridgehead atoms. The molecule has 0 spiro atoms. The molecule has 0 heterocycles. The van der Waals surface area contributed by atoms with Crippen molar-refractivity contribution in [3.05, 3.63) is 47.8 Å². The van der Waals surface area contributed by atoms with Crippen molar-refractivity contribution in [3.63, 3.8) is 0 Å². The monoisotopic (exact) mass is 516 g/mol. The van der Waals surface area contributed by atoms with Crippen LogP contribution in [-0.4, -0.2) is 12.6 Å². The average Bonchev–Trinajstić information content (AvgIpc) is 2.90. The van der Waals surface area contributed by atoms with Crippen LogP contribution in [0.5, 0.6) is 11.5 Å². The van der Waals surface area contributed by atoms with Crippen molar-refractivity contribution in [2.24, 2.45) is 23.7 Å². The van der Waals surface area contributed by atoms with Crippen molar-refractivity contribution in [2.45, 2.75) is 84.5 Å². The summed E-state index contributed by atoms with van der Waals surface area (Å²) in [5.74, 6) is 0.555. The fourth-order valence-electron chi connectivity index (χ4n) is 6.36. The van der Waals surface area contributed by atoms with E-state index in [2.05, 4.69) is 6.92 Å². The highest BCUT2D eigenvalue weighted by molar-refractivity contribution is 5.76. The molecule has 2 saturated carbocycles. The molecule has 2 aliphatic rings. The SMILES string of the molecule is CCCC1CCC(C2CCC(C(=O)Oc3ccc(-c4ccc(OCC)cc4)c(F)c3C(F)F)CC2)CC1. The fourth-order valence-corrected chi connectivity index (χ4v) is 6.36.